The summed E-state index contributed by atoms with van der Waals surface area (Å²) in [5.74, 6) is -0.105. The van der Waals surface area contributed by atoms with Crippen molar-refractivity contribution in [3.05, 3.63) is 0 Å². The molecule has 0 aliphatic rings. The average molecular weight is 118 g/mol. The minimum atomic E-state index is -0.868. The normalized spacial score (nSPS) is 13.4. The molecule has 0 amide bonds. The van der Waals surface area contributed by atoms with Crippen molar-refractivity contribution >= 4 is 5.78 Å². The highest BCUT2D eigenvalue weighted by Crippen LogP contribution is 1.88. The van der Waals surface area contributed by atoms with E-state index in [2.05, 4.69) is 0 Å². The lowest BCUT2D eigenvalue weighted by molar-refractivity contribution is -0.119. The van der Waals surface area contributed by atoms with Gasteiger partial charge in [0.05, 0.1) is 12.7 Å². The lowest BCUT2D eigenvalue weighted by Crippen LogP contribution is -2.15. The van der Waals surface area contributed by atoms with Crippen LogP contribution in [0, 0.1) is 0 Å². The van der Waals surface area contributed by atoms with Gasteiger partial charge in [-0.2, -0.15) is 0 Å². The Morgan fingerprint density at radius 3 is 2.38 bits per heavy atom. The second kappa shape index (κ2) is 3.57. The van der Waals surface area contributed by atoms with Gasteiger partial charge in [-0.1, -0.05) is 0 Å². The van der Waals surface area contributed by atoms with Gasteiger partial charge in [-0.25, -0.2) is 0 Å². The lowest BCUT2D eigenvalue weighted by Gasteiger charge is -2.00. The van der Waals surface area contributed by atoms with Crippen LogP contribution < -0.4 is 0 Å². The summed E-state index contributed by atoms with van der Waals surface area (Å²) in [7, 11) is 0. The highest BCUT2D eigenvalue weighted by molar-refractivity contribution is 5.75. The highest BCUT2D eigenvalue weighted by atomic mass is 16.3. The highest BCUT2D eigenvalue weighted by Gasteiger charge is 2.03. The molecule has 0 saturated heterocycles. The zero-order valence-electron chi connectivity index (χ0n) is 4.79. The molecule has 3 nitrogen and oxygen atoms in total. The van der Waals surface area contributed by atoms with Crippen molar-refractivity contribution < 1.29 is 15.0 Å². The summed E-state index contributed by atoms with van der Waals surface area (Å²) in [5, 5.41) is 16.7. The fourth-order valence-electron chi connectivity index (χ4n) is 0.396. The molecule has 0 aromatic carbocycles. The fourth-order valence-corrected chi connectivity index (χ4v) is 0.396. The van der Waals surface area contributed by atoms with Crippen molar-refractivity contribution in [3.8, 4) is 0 Å². The molecule has 3 heteroatoms. The maximum Gasteiger partial charge on any atom is 0.132 e. The van der Waals surface area contributed by atoms with Crippen LogP contribution in [-0.4, -0.2) is 28.7 Å². The Morgan fingerprint density at radius 2 is 2.25 bits per heavy atom. The summed E-state index contributed by atoms with van der Waals surface area (Å²) in [4.78, 5) is 10.1. The first-order chi connectivity index (χ1) is 3.66. The molecule has 8 heavy (non-hydrogen) atoms. The van der Waals surface area contributed by atoms with Gasteiger partial charge in [-0.05, 0) is 6.92 Å². The van der Waals surface area contributed by atoms with Crippen LogP contribution in [0.1, 0.15) is 13.3 Å². The predicted molar refractivity (Wildman–Crippen MR) is 28.4 cm³/mol. The molecule has 0 rings (SSSR count). The second-order valence-corrected chi connectivity index (χ2v) is 1.74. The molecule has 0 radical (unpaired) electrons. The SMILES string of the molecule is CC(=O)C[C@H](O)CO. The van der Waals surface area contributed by atoms with Gasteiger partial charge < -0.3 is 10.2 Å². The predicted octanol–water partition coefficient (Wildman–Crippen LogP) is -0.681. The number of carbonyl (C=O) groups is 1. The van der Waals surface area contributed by atoms with Crippen LogP contribution in [0.2, 0.25) is 0 Å². The Morgan fingerprint density at radius 1 is 1.75 bits per heavy atom. The van der Waals surface area contributed by atoms with E-state index in [-0.39, 0.29) is 18.8 Å². The van der Waals surface area contributed by atoms with Crippen LogP contribution in [0.15, 0.2) is 0 Å². The standard InChI is InChI=1S/C5H10O3/c1-4(7)2-5(8)3-6/h5-6,8H,2-3H2,1H3/t5-/m0/s1. The average Bonchev–Trinajstić information content (AvgIpc) is 1.65. The summed E-state index contributed by atoms with van der Waals surface area (Å²) in [6, 6.07) is 0. The van der Waals surface area contributed by atoms with Gasteiger partial charge in [0.15, 0.2) is 0 Å². The van der Waals surface area contributed by atoms with E-state index in [1.165, 1.54) is 6.92 Å². The summed E-state index contributed by atoms with van der Waals surface area (Å²) < 4.78 is 0. The molecule has 0 fully saturated rings. The monoisotopic (exact) mass is 118 g/mol. The Hall–Kier alpha value is -0.410. The fraction of sp³-hybridized carbons (Fsp3) is 0.800. The second-order valence-electron chi connectivity index (χ2n) is 1.74. The Labute approximate surface area is 47.9 Å². The first-order valence-electron chi connectivity index (χ1n) is 2.45. The van der Waals surface area contributed by atoms with Gasteiger partial charge in [-0.3, -0.25) is 4.79 Å². The van der Waals surface area contributed by atoms with Gasteiger partial charge in [0.25, 0.3) is 0 Å². The summed E-state index contributed by atoms with van der Waals surface area (Å²) >= 11 is 0. The molecule has 0 saturated carbocycles. The zero-order valence-corrected chi connectivity index (χ0v) is 4.79. The first kappa shape index (κ1) is 7.59. The van der Waals surface area contributed by atoms with Gasteiger partial charge in [-0.15, -0.1) is 0 Å². The maximum atomic E-state index is 10.1. The van der Waals surface area contributed by atoms with Gasteiger partial charge >= 0.3 is 0 Å². The van der Waals surface area contributed by atoms with Crippen molar-refractivity contribution in [1.82, 2.24) is 0 Å². The van der Waals surface area contributed by atoms with Crippen LogP contribution in [-0.2, 0) is 4.79 Å². The summed E-state index contributed by atoms with van der Waals surface area (Å²) in [6.07, 6.45) is -0.816. The number of carbonyl (C=O) groups excluding carboxylic acids is 1. The Balaban J connectivity index is 3.24. The minimum absolute atomic E-state index is 0.0521. The third-order valence-electron chi connectivity index (χ3n) is 0.734. The third-order valence-corrected chi connectivity index (χ3v) is 0.734. The number of aliphatic hydroxyl groups is 2. The molecule has 0 heterocycles. The number of rotatable bonds is 3. The number of hydrogen-bond acceptors (Lipinski definition) is 3. The molecule has 0 bridgehead atoms. The molecular weight excluding hydrogens is 108 g/mol. The molecule has 0 aromatic heterocycles. The number of ketones is 1. The molecule has 0 aromatic rings. The van der Waals surface area contributed by atoms with Crippen LogP contribution in [0.25, 0.3) is 0 Å². The topological polar surface area (TPSA) is 57.5 Å². The van der Waals surface area contributed by atoms with E-state index < -0.39 is 6.10 Å². The number of aliphatic hydroxyl groups excluding tert-OH is 2. The van der Waals surface area contributed by atoms with Crippen molar-refractivity contribution in [2.24, 2.45) is 0 Å². The van der Waals surface area contributed by atoms with Crippen molar-refractivity contribution in [2.75, 3.05) is 6.61 Å². The molecular formula is C5H10O3. The third kappa shape index (κ3) is 3.77. The molecule has 0 spiro atoms. The number of hydrogen-bond donors (Lipinski definition) is 2. The molecule has 0 aliphatic heterocycles. The maximum absolute atomic E-state index is 10.1. The van der Waals surface area contributed by atoms with E-state index in [9.17, 15) is 4.79 Å². The van der Waals surface area contributed by atoms with E-state index in [1.54, 1.807) is 0 Å². The van der Waals surface area contributed by atoms with Gasteiger partial charge in [0.2, 0.25) is 0 Å². The molecule has 2 N–H and O–H groups in total. The minimum Gasteiger partial charge on any atom is -0.394 e. The van der Waals surface area contributed by atoms with Crippen LogP contribution in [0.5, 0.6) is 0 Å². The van der Waals surface area contributed by atoms with Crippen molar-refractivity contribution in [1.29, 1.82) is 0 Å². The smallest absolute Gasteiger partial charge is 0.132 e. The van der Waals surface area contributed by atoms with E-state index >= 15 is 0 Å². The van der Waals surface area contributed by atoms with E-state index in [1.807, 2.05) is 0 Å². The largest absolute Gasteiger partial charge is 0.394 e. The summed E-state index contributed by atoms with van der Waals surface area (Å²) in [6.45, 7) is 1.04. The van der Waals surface area contributed by atoms with Crippen molar-refractivity contribution in [3.63, 3.8) is 0 Å². The van der Waals surface area contributed by atoms with E-state index in [4.69, 9.17) is 10.2 Å². The van der Waals surface area contributed by atoms with E-state index in [0.717, 1.165) is 0 Å². The molecule has 0 aliphatic carbocycles. The Bertz CT molecular complexity index is 79.7. The summed E-state index contributed by atoms with van der Waals surface area (Å²) in [5.41, 5.74) is 0. The lowest BCUT2D eigenvalue weighted by atomic mass is 10.2. The van der Waals surface area contributed by atoms with Crippen LogP contribution in [0.3, 0.4) is 0 Å². The zero-order chi connectivity index (χ0) is 6.57. The molecule has 1 atom stereocenters. The number of Topliss-reactive ketones (excluding diaryl/α,β-unsaturated/α-hetero) is 1. The molecule has 48 valence electrons. The quantitative estimate of drug-likeness (QED) is 0.516. The van der Waals surface area contributed by atoms with E-state index in [0.29, 0.717) is 0 Å². The van der Waals surface area contributed by atoms with Crippen LogP contribution >= 0.6 is 0 Å². The first-order valence-corrected chi connectivity index (χ1v) is 2.45. The van der Waals surface area contributed by atoms with Crippen LogP contribution in [0.4, 0.5) is 0 Å². The van der Waals surface area contributed by atoms with Crippen molar-refractivity contribution in [2.45, 2.75) is 19.4 Å². The van der Waals surface area contributed by atoms with Gasteiger partial charge in [0, 0.05) is 6.42 Å². The Kier molecular flexibility index (Phi) is 3.39. The molecule has 0 unspecified atom stereocenters. The van der Waals surface area contributed by atoms with Gasteiger partial charge in [0.1, 0.15) is 5.78 Å².